The highest BCUT2D eigenvalue weighted by molar-refractivity contribution is 9.11. The van der Waals surface area contributed by atoms with Gasteiger partial charge in [0.2, 0.25) is 0 Å². The van der Waals surface area contributed by atoms with Gasteiger partial charge in [-0.15, -0.1) is 11.3 Å². The molecule has 3 nitrogen and oxygen atoms in total. The number of nitriles is 1. The lowest BCUT2D eigenvalue weighted by molar-refractivity contribution is 0.0702. The SMILES string of the molecule is N#Cc1cc(Br)sc1C(=O)O. The fourth-order valence-corrected chi connectivity index (χ4v) is 1.99. The van der Waals surface area contributed by atoms with E-state index in [1.165, 1.54) is 6.07 Å². The second kappa shape index (κ2) is 3.03. The van der Waals surface area contributed by atoms with Crippen molar-refractivity contribution < 1.29 is 9.90 Å². The summed E-state index contributed by atoms with van der Waals surface area (Å²) < 4.78 is 0.659. The molecule has 0 saturated heterocycles. The van der Waals surface area contributed by atoms with Crippen molar-refractivity contribution in [2.45, 2.75) is 0 Å². The summed E-state index contributed by atoms with van der Waals surface area (Å²) >= 11 is 4.14. The summed E-state index contributed by atoms with van der Waals surface area (Å²) in [5.41, 5.74) is 0.203. The molecule has 0 fully saturated rings. The van der Waals surface area contributed by atoms with E-state index in [2.05, 4.69) is 15.9 Å². The molecule has 5 heteroatoms. The van der Waals surface area contributed by atoms with E-state index in [0.717, 1.165) is 11.3 Å². The summed E-state index contributed by atoms with van der Waals surface area (Å²) in [6.45, 7) is 0. The maximum Gasteiger partial charge on any atom is 0.347 e. The summed E-state index contributed by atoms with van der Waals surface area (Å²) in [7, 11) is 0. The summed E-state index contributed by atoms with van der Waals surface area (Å²) in [4.78, 5) is 10.5. The van der Waals surface area contributed by atoms with E-state index in [-0.39, 0.29) is 10.4 Å². The smallest absolute Gasteiger partial charge is 0.347 e. The van der Waals surface area contributed by atoms with Crippen molar-refractivity contribution >= 4 is 33.2 Å². The maximum absolute atomic E-state index is 10.4. The van der Waals surface area contributed by atoms with E-state index >= 15 is 0 Å². The van der Waals surface area contributed by atoms with Crippen LogP contribution in [0.1, 0.15) is 15.2 Å². The molecular weight excluding hydrogens is 230 g/mol. The Bertz CT molecular complexity index is 339. The number of halogens is 1. The van der Waals surface area contributed by atoms with Crippen molar-refractivity contribution in [1.82, 2.24) is 0 Å². The van der Waals surface area contributed by atoms with Crippen LogP contribution in [0.4, 0.5) is 0 Å². The van der Waals surface area contributed by atoms with Crippen LogP contribution >= 0.6 is 27.3 Å². The average molecular weight is 232 g/mol. The zero-order chi connectivity index (χ0) is 8.43. The van der Waals surface area contributed by atoms with Crippen LogP contribution < -0.4 is 0 Å². The molecule has 0 aliphatic rings. The van der Waals surface area contributed by atoms with Gasteiger partial charge in [-0.05, 0) is 22.0 Å². The summed E-state index contributed by atoms with van der Waals surface area (Å²) in [5.74, 6) is -1.06. The van der Waals surface area contributed by atoms with Gasteiger partial charge in [-0.3, -0.25) is 0 Å². The summed E-state index contributed by atoms with van der Waals surface area (Å²) in [5, 5.41) is 17.0. The van der Waals surface area contributed by atoms with Crippen LogP contribution in [0, 0.1) is 11.3 Å². The Morgan fingerprint density at radius 3 is 2.82 bits per heavy atom. The van der Waals surface area contributed by atoms with Crippen molar-refractivity contribution in [3.05, 3.63) is 20.3 Å². The molecule has 1 heterocycles. The molecular formula is C6H2BrNO2S. The van der Waals surface area contributed by atoms with Crippen LogP contribution in [0.2, 0.25) is 0 Å². The molecule has 0 aromatic carbocycles. The highest BCUT2D eigenvalue weighted by Gasteiger charge is 2.13. The number of hydrogen-bond donors (Lipinski definition) is 1. The van der Waals surface area contributed by atoms with Gasteiger partial charge in [-0.25, -0.2) is 4.79 Å². The minimum Gasteiger partial charge on any atom is -0.477 e. The molecule has 56 valence electrons. The van der Waals surface area contributed by atoms with Crippen molar-refractivity contribution in [3.63, 3.8) is 0 Å². The van der Waals surface area contributed by atoms with E-state index in [4.69, 9.17) is 10.4 Å². The topological polar surface area (TPSA) is 61.1 Å². The highest BCUT2D eigenvalue weighted by Crippen LogP contribution is 2.26. The summed E-state index contributed by atoms with van der Waals surface area (Å²) in [6.07, 6.45) is 0. The standard InChI is InChI=1S/C6H2BrNO2S/c7-4-1-3(2-8)5(11-4)6(9)10/h1H,(H,9,10). The van der Waals surface area contributed by atoms with Gasteiger partial charge in [0.1, 0.15) is 10.9 Å². The molecule has 0 aliphatic heterocycles. The first kappa shape index (κ1) is 8.24. The maximum atomic E-state index is 10.4. The second-order valence-electron chi connectivity index (χ2n) is 1.71. The normalized spacial score (nSPS) is 9.09. The third-order valence-corrected chi connectivity index (χ3v) is 2.64. The Morgan fingerprint density at radius 1 is 1.82 bits per heavy atom. The Morgan fingerprint density at radius 2 is 2.45 bits per heavy atom. The van der Waals surface area contributed by atoms with E-state index in [9.17, 15) is 4.79 Å². The monoisotopic (exact) mass is 231 g/mol. The minimum atomic E-state index is -1.06. The lowest BCUT2D eigenvalue weighted by atomic mass is 10.3. The van der Waals surface area contributed by atoms with Crippen LogP contribution in [0.15, 0.2) is 9.85 Å². The molecule has 1 N–H and O–H groups in total. The van der Waals surface area contributed by atoms with Gasteiger partial charge in [-0.1, -0.05) is 0 Å². The quantitative estimate of drug-likeness (QED) is 0.806. The van der Waals surface area contributed by atoms with Crippen LogP contribution in [0.3, 0.4) is 0 Å². The first-order chi connectivity index (χ1) is 5.15. The number of aromatic carboxylic acids is 1. The number of carbonyl (C=O) groups is 1. The molecule has 0 amide bonds. The Labute approximate surface area is 75.0 Å². The highest BCUT2D eigenvalue weighted by atomic mass is 79.9. The van der Waals surface area contributed by atoms with E-state index < -0.39 is 5.97 Å². The van der Waals surface area contributed by atoms with Crippen LogP contribution in [-0.4, -0.2) is 11.1 Å². The molecule has 0 radical (unpaired) electrons. The van der Waals surface area contributed by atoms with Crippen LogP contribution in [0.25, 0.3) is 0 Å². The zero-order valence-corrected chi connectivity index (χ0v) is 7.57. The number of nitrogens with zero attached hydrogens (tertiary/aromatic N) is 1. The van der Waals surface area contributed by atoms with Gasteiger partial charge in [0, 0.05) is 0 Å². The van der Waals surface area contributed by atoms with Gasteiger partial charge in [0.05, 0.1) is 9.35 Å². The number of thiophene rings is 1. The first-order valence-corrected chi connectivity index (χ1v) is 4.19. The van der Waals surface area contributed by atoms with Gasteiger partial charge in [-0.2, -0.15) is 5.26 Å². The molecule has 0 saturated carbocycles. The lowest BCUT2D eigenvalue weighted by Crippen LogP contribution is -1.93. The van der Waals surface area contributed by atoms with Gasteiger partial charge < -0.3 is 5.11 Å². The van der Waals surface area contributed by atoms with Crippen LogP contribution in [-0.2, 0) is 0 Å². The van der Waals surface area contributed by atoms with Gasteiger partial charge in [0.15, 0.2) is 0 Å². The molecule has 1 aromatic rings. The molecule has 0 bridgehead atoms. The predicted molar refractivity (Wildman–Crippen MR) is 43.7 cm³/mol. The molecule has 1 aromatic heterocycles. The Hall–Kier alpha value is -0.860. The largest absolute Gasteiger partial charge is 0.477 e. The van der Waals surface area contributed by atoms with Crippen molar-refractivity contribution in [2.75, 3.05) is 0 Å². The molecule has 0 aliphatic carbocycles. The van der Waals surface area contributed by atoms with Crippen molar-refractivity contribution in [1.29, 1.82) is 5.26 Å². The van der Waals surface area contributed by atoms with Gasteiger partial charge in [0.25, 0.3) is 0 Å². The zero-order valence-electron chi connectivity index (χ0n) is 5.17. The lowest BCUT2D eigenvalue weighted by Gasteiger charge is -1.84. The fourth-order valence-electron chi connectivity index (χ4n) is 0.603. The number of carboxylic acids is 1. The van der Waals surface area contributed by atoms with E-state index in [0.29, 0.717) is 3.79 Å². The van der Waals surface area contributed by atoms with Crippen molar-refractivity contribution in [3.8, 4) is 6.07 Å². The molecule has 0 atom stereocenters. The molecule has 11 heavy (non-hydrogen) atoms. The predicted octanol–water partition coefficient (Wildman–Crippen LogP) is 2.08. The average Bonchev–Trinajstić information content (AvgIpc) is 2.30. The Kier molecular flexibility index (Phi) is 2.27. The molecule has 1 rings (SSSR count). The third-order valence-electron chi connectivity index (χ3n) is 1.02. The van der Waals surface area contributed by atoms with Crippen LogP contribution in [0.5, 0.6) is 0 Å². The Balaban J connectivity index is 3.26. The van der Waals surface area contributed by atoms with Crippen molar-refractivity contribution in [2.24, 2.45) is 0 Å². The van der Waals surface area contributed by atoms with Gasteiger partial charge >= 0.3 is 5.97 Å². The second-order valence-corrected chi connectivity index (χ2v) is 4.14. The van der Waals surface area contributed by atoms with E-state index in [1.807, 2.05) is 0 Å². The summed E-state index contributed by atoms with van der Waals surface area (Å²) in [6, 6.07) is 3.29. The minimum absolute atomic E-state index is 0.0828. The third kappa shape index (κ3) is 1.59. The number of hydrogen-bond acceptors (Lipinski definition) is 3. The van der Waals surface area contributed by atoms with E-state index in [1.54, 1.807) is 6.07 Å². The fraction of sp³-hybridized carbons (Fsp3) is 0. The first-order valence-electron chi connectivity index (χ1n) is 2.58. The molecule has 0 spiro atoms. The number of carboxylic acid groups (broad SMARTS) is 1. The molecule has 0 unspecified atom stereocenters. The number of rotatable bonds is 1.